The predicted octanol–water partition coefficient (Wildman–Crippen LogP) is 4.51. The smallest absolute Gasteiger partial charge is 0.229 e. The summed E-state index contributed by atoms with van der Waals surface area (Å²) in [5.74, 6) is 1.72. The van der Waals surface area contributed by atoms with Crippen molar-refractivity contribution >= 4 is 45.9 Å². The molecule has 0 amide bonds. The number of rotatable bonds is 5. The number of nitrogens with zero attached hydrogens (tertiary/aromatic N) is 3. The Kier molecular flexibility index (Phi) is 5.95. The van der Waals surface area contributed by atoms with Gasteiger partial charge in [-0.3, -0.25) is 5.10 Å². The van der Waals surface area contributed by atoms with Crippen LogP contribution in [0.4, 0.5) is 27.7 Å². The lowest BCUT2D eigenvalue weighted by Gasteiger charge is -2.25. The number of H-pyrrole nitrogens is 1. The van der Waals surface area contributed by atoms with Gasteiger partial charge in [0.05, 0.1) is 9.26 Å². The van der Waals surface area contributed by atoms with Gasteiger partial charge in [0.1, 0.15) is 5.82 Å². The average molecular weight is 507 g/mol. The lowest BCUT2D eigenvalue weighted by molar-refractivity contribution is 0.457. The van der Waals surface area contributed by atoms with Crippen LogP contribution in [-0.2, 0) is 0 Å². The minimum atomic E-state index is -0.288. The molecule has 1 fully saturated rings. The molecule has 0 radical (unpaired) electrons. The normalized spacial score (nSPS) is 14.8. The third kappa shape index (κ3) is 4.67. The minimum absolute atomic E-state index is 0.288. The van der Waals surface area contributed by atoms with Gasteiger partial charge in [0.25, 0.3) is 0 Å². The maximum absolute atomic E-state index is 14.8. The molecule has 3 aromatic rings. The van der Waals surface area contributed by atoms with Gasteiger partial charge in [0.15, 0.2) is 11.6 Å². The fourth-order valence-electron chi connectivity index (χ4n) is 3.60. The first-order chi connectivity index (χ1) is 14.0. The Morgan fingerprint density at radius 2 is 1.93 bits per heavy atom. The molecule has 0 unspecified atom stereocenters. The summed E-state index contributed by atoms with van der Waals surface area (Å²) in [5, 5.41) is 16.6. The number of aromatic nitrogens is 4. The number of hydrogen-bond donors (Lipinski definition) is 4. The molecule has 1 aliphatic rings. The summed E-state index contributed by atoms with van der Waals surface area (Å²) < 4.78 is 15.7. The number of halogens is 2. The molecule has 0 atom stereocenters. The monoisotopic (exact) mass is 507 g/mol. The van der Waals surface area contributed by atoms with E-state index in [1.807, 2.05) is 26.0 Å². The summed E-state index contributed by atoms with van der Waals surface area (Å²) in [6.45, 7) is 5.92. The molecule has 29 heavy (non-hydrogen) atoms. The average Bonchev–Trinajstić information content (AvgIpc) is 3.12. The summed E-state index contributed by atoms with van der Waals surface area (Å²) in [7, 11) is 0. The molecule has 0 bridgehead atoms. The topological polar surface area (TPSA) is 90.6 Å². The zero-order valence-corrected chi connectivity index (χ0v) is 18.5. The standard InChI is InChI=1S/C20H23FIN7/c1-11-7-17(15(21)9-14(11)13-3-5-23-6-4-13)25-20-24-10-16(22)19(27-20)26-18-8-12(2)28-29-18/h7-10,13,23H,3-6H2,1-2H3,(H3,24,25,26,27,28,29). The predicted molar refractivity (Wildman–Crippen MR) is 121 cm³/mol. The van der Waals surface area contributed by atoms with E-state index in [1.54, 1.807) is 12.3 Å². The lowest BCUT2D eigenvalue weighted by atomic mass is 9.87. The number of nitrogens with one attached hydrogen (secondary N) is 4. The maximum Gasteiger partial charge on any atom is 0.229 e. The molecule has 4 rings (SSSR count). The van der Waals surface area contributed by atoms with Crippen LogP contribution in [0.25, 0.3) is 0 Å². The van der Waals surface area contributed by atoms with Crippen LogP contribution in [-0.4, -0.2) is 33.3 Å². The van der Waals surface area contributed by atoms with E-state index in [4.69, 9.17) is 0 Å². The van der Waals surface area contributed by atoms with E-state index < -0.39 is 0 Å². The first-order valence-electron chi connectivity index (χ1n) is 9.59. The van der Waals surface area contributed by atoms with Gasteiger partial charge in [-0.2, -0.15) is 10.1 Å². The highest BCUT2D eigenvalue weighted by molar-refractivity contribution is 14.1. The maximum atomic E-state index is 14.8. The summed E-state index contributed by atoms with van der Waals surface area (Å²) in [6, 6.07) is 5.39. The van der Waals surface area contributed by atoms with Gasteiger partial charge < -0.3 is 16.0 Å². The van der Waals surface area contributed by atoms with Crippen LogP contribution < -0.4 is 16.0 Å². The van der Waals surface area contributed by atoms with Crippen LogP contribution >= 0.6 is 22.6 Å². The Morgan fingerprint density at radius 1 is 1.14 bits per heavy atom. The van der Waals surface area contributed by atoms with Gasteiger partial charge in [-0.1, -0.05) is 0 Å². The van der Waals surface area contributed by atoms with Crippen LogP contribution in [0.1, 0.15) is 35.6 Å². The molecule has 1 aliphatic heterocycles. The molecule has 0 spiro atoms. The first-order valence-corrected chi connectivity index (χ1v) is 10.7. The Bertz CT molecular complexity index is 1010. The van der Waals surface area contributed by atoms with Crippen LogP contribution in [0.5, 0.6) is 0 Å². The number of piperidine rings is 1. The van der Waals surface area contributed by atoms with Crippen molar-refractivity contribution in [2.24, 2.45) is 0 Å². The second-order valence-electron chi connectivity index (χ2n) is 7.29. The van der Waals surface area contributed by atoms with Crippen molar-refractivity contribution in [1.82, 2.24) is 25.5 Å². The Labute approximate surface area is 182 Å². The summed E-state index contributed by atoms with van der Waals surface area (Å²) in [4.78, 5) is 8.78. The van der Waals surface area contributed by atoms with E-state index in [-0.39, 0.29) is 5.82 Å². The van der Waals surface area contributed by atoms with E-state index in [1.165, 1.54) is 0 Å². The van der Waals surface area contributed by atoms with E-state index in [0.29, 0.717) is 29.2 Å². The second kappa shape index (κ2) is 8.62. The largest absolute Gasteiger partial charge is 0.322 e. The molecule has 9 heteroatoms. The highest BCUT2D eigenvalue weighted by Crippen LogP contribution is 2.32. The fraction of sp³-hybridized carbons (Fsp3) is 0.350. The van der Waals surface area contributed by atoms with Crippen molar-refractivity contribution in [3.05, 3.63) is 50.6 Å². The molecule has 152 valence electrons. The van der Waals surface area contributed by atoms with Crippen molar-refractivity contribution in [1.29, 1.82) is 0 Å². The van der Waals surface area contributed by atoms with E-state index in [9.17, 15) is 4.39 Å². The van der Waals surface area contributed by atoms with E-state index >= 15 is 0 Å². The van der Waals surface area contributed by atoms with Gasteiger partial charge in [-0.15, -0.1) is 0 Å². The molecular formula is C20H23FIN7. The van der Waals surface area contributed by atoms with Crippen molar-refractivity contribution in [3.8, 4) is 0 Å². The van der Waals surface area contributed by atoms with Crippen molar-refractivity contribution in [2.75, 3.05) is 23.7 Å². The lowest BCUT2D eigenvalue weighted by Crippen LogP contribution is -2.27. The molecule has 0 aliphatic carbocycles. The third-order valence-electron chi connectivity index (χ3n) is 5.08. The first kappa shape index (κ1) is 20.0. The molecular weight excluding hydrogens is 484 g/mol. The van der Waals surface area contributed by atoms with Crippen molar-refractivity contribution in [3.63, 3.8) is 0 Å². The highest BCUT2D eigenvalue weighted by Gasteiger charge is 2.19. The Balaban J connectivity index is 1.55. The molecule has 1 saturated heterocycles. The Hall–Kier alpha value is -2.27. The van der Waals surface area contributed by atoms with Crippen LogP contribution in [0.15, 0.2) is 24.4 Å². The SMILES string of the molecule is Cc1cc(Nc2nc(Nc3cc(C)c(C4CCNCC4)cc3F)ncc2I)n[nH]1. The van der Waals surface area contributed by atoms with Gasteiger partial charge in [-0.25, -0.2) is 9.37 Å². The van der Waals surface area contributed by atoms with Crippen LogP contribution in [0.3, 0.4) is 0 Å². The number of benzene rings is 1. The summed E-state index contributed by atoms with van der Waals surface area (Å²) in [6.07, 6.45) is 3.76. The molecule has 7 nitrogen and oxygen atoms in total. The van der Waals surface area contributed by atoms with E-state index in [0.717, 1.165) is 46.3 Å². The van der Waals surface area contributed by atoms with Gasteiger partial charge >= 0.3 is 0 Å². The molecule has 1 aromatic carbocycles. The summed E-state index contributed by atoms with van der Waals surface area (Å²) >= 11 is 2.15. The zero-order chi connectivity index (χ0) is 20.4. The van der Waals surface area contributed by atoms with Crippen molar-refractivity contribution in [2.45, 2.75) is 32.6 Å². The number of aryl methyl sites for hydroxylation is 2. The quantitative estimate of drug-likeness (QED) is 0.380. The number of anilines is 4. The molecule has 0 saturated carbocycles. The van der Waals surface area contributed by atoms with Gasteiger partial charge in [0.2, 0.25) is 5.95 Å². The molecule has 4 N–H and O–H groups in total. The van der Waals surface area contributed by atoms with Crippen molar-refractivity contribution < 1.29 is 4.39 Å². The Morgan fingerprint density at radius 3 is 2.66 bits per heavy atom. The minimum Gasteiger partial charge on any atom is -0.322 e. The molecule has 2 aromatic heterocycles. The number of hydrogen-bond acceptors (Lipinski definition) is 6. The third-order valence-corrected chi connectivity index (χ3v) is 5.87. The highest BCUT2D eigenvalue weighted by atomic mass is 127. The summed E-state index contributed by atoms with van der Waals surface area (Å²) in [5.41, 5.74) is 3.50. The second-order valence-corrected chi connectivity index (χ2v) is 8.45. The number of aromatic amines is 1. The fourth-order valence-corrected chi connectivity index (χ4v) is 4.00. The van der Waals surface area contributed by atoms with Crippen LogP contribution in [0.2, 0.25) is 0 Å². The van der Waals surface area contributed by atoms with Gasteiger partial charge in [-0.05, 0) is 91.5 Å². The zero-order valence-electron chi connectivity index (χ0n) is 16.3. The van der Waals surface area contributed by atoms with Crippen LogP contribution in [0, 0.1) is 23.2 Å². The van der Waals surface area contributed by atoms with Gasteiger partial charge in [0, 0.05) is 18.0 Å². The van der Waals surface area contributed by atoms with E-state index in [2.05, 4.69) is 58.7 Å². The molecule has 3 heterocycles.